The summed E-state index contributed by atoms with van der Waals surface area (Å²) in [5.41, 5.74) is 0.956. The molecule has 0 bridgehead atoms. The van der Waals surface area contributed by atoms with E-state index in [9.17, 15) is 0 Å². The largest absolute Gasteiger partial charge is 0.300 e. The second-order valence-electron chi connectivity index (χ2n) is 3.06. The van der Waals surface area contributed by atoms with E-state index in [0.29, 0.717) is 5.15 Å². The Bertz CT molecular complexity index is 265. The fourth-order valence-electron chi connectivity index (χ4n) is 1.02. The zero-order chi connectivity index (χ0) is 10.4. The van der Waals surface area contributed by atoms with Crippen molar-refractivity contribution in [3.63, 3.8) is 0 Å². The Morgan fingerprint density at radius 2 is 2.21 bits per heavy atom. The number of hydrogen-bond donors (Lipinski definition) is 0. The van der Waals surface area contributed by atoms with E-state index in [4.69, 9.17) is 11.6 Å². The number of halogens is 1. The normalized spacial score (nSPS) is 10.9. The summed E-state index contributed by atoms with van der Waals surface area (Å²) in [6.07, 6.45) is 5.41. The molecule has 1 rings (SSSR count). The summed E-state index contributed by atoms with van der Waals surface area (Å²) in [6.45, 7) is 1.89. The third-order valence-corrected chi connectivity index (χ3v) is 2.57. The van der Waals surface area contributed by atoms with E-state index in [0.717, 1.165) is 24.5 Å². The Hall–Kier alpha value is -0.320. The van der Waals surface area contributed by atoms with Gasteiger partial charge in [0, 0.05) is 18.8 Å². The molecule has 0 aliphatic heterocycles. The first-order chi connectivity index (χ1) is 6.72. The Balaban J connectivity index is 2.39. The van der Waals surface area contributed by atoms with Gasteiger partial charge >= 0.3 is 0 Å². The molecule has 0 amide bonds. The molecule has 0 unspecified atom stereocenters. The van der Waals surface area contributed by atoms with Crippen LogP contribution in [0.3, 0.4) is 0 Å². The summed E-state index contributed by atoms with van der Waals surface area (Å²) in [6, 6.07) is 0. The van der Waals surface area contributed by atoms with Gasteiger partial charge in [0.2, 0.25) is 0 Å². The molecule has 0 aromatic carbocycles. The highest BCUT2D eigenvalue weighted by Gasteiger charge is 2.01. The number of aromatic nitrogens is 2. The average molecular weight is 232 g/mol. The number of hydrogen-bond acceptors (Lipinski definition) is 4. The van der Waals surface area contributed by atoms with E-state index in [1.54, 1.807) is 12.4 Å². The van der Waals surface area contributed by atoms with E-state index in [-0.39, 0.29) is 0 Å². The Morgan fingerprint density at radius 1 is 1.43 bits per heavy atom. The molecule has 0 N–H and O–H groups in total. The molecule has 0 spiro atoms. The summed E-state index contributed by atoms with van der Waals surface area (Å²) in [5.74, 6) is 1.14. The van der Waals surface area contributed by atoms with Gasteiger partial charge in [-0.3, -0.25) is 9.88 Å². The minimum absolute atomic E-state index is 0.445. The quantitative estimate of drug-likeness (QED) is 0.775. The SMILES string of the molecule is CSCCN(C)Cc1cnc(Cl)cn1. The molecule has 0 saturated heterocycles. The zero-order valence-electron chi connectivity index (χ0n) is 8.40. The lowest BCUT2D eigenvalue weighted by Gasteiger charge is -2.14. The second kappa shape index (κ2) is 6.22. The molecule has 78 valence electrons. The van der Waals surface area contributed by atoms with Crippen LogP contribution in [0, 0.1) is 0 Å². The third kappa shape index (κ3) is 4.26. The predicted molar refractivity (Wildman–Crippen MR) is 61.8 cm³/mol. The van der Waals surface area contributed by atoms with Crippen LogP contribution in [-0.2, 0) is 6.54 Å². The topological polar surface area (TPSA) is 29.0 Å². The van der Waals surface area contributed by atoms with Gasteiger partial charge in [-0.2, -0.15) is 11.8 Å². The highest BCUT2D eigenvalue weighted by Crippen LogP contribution is 2.03. The Kier molecular flexibility index (Phi) is 5.22. The van der Waals surface area contributed by atoms with E-state index >= 15 is 0 Å². The van der Waals surface area contributed by atoms with Gasteiger partial charge in [0.1, 0.15) is 5.15 Å². The van der Waals surface area contributed by atoms with Gasteiger partial charge in [-0.25, -0.2) is 4.98 Å². The van der Waals surface area contributed by atoms with E-state index in [1.807, 2.05) is 11.8 Å². The van der Waals surface area contributed by atoms with Crippen LogP contribution in [0.15, 0.2) is 12.4 Å². The van der Waals surface area contributed by atoms with Crippen molar-refractivity contribution in [1.29, 1.82) is 0 Å². The average Bonchev–Trinajstić information content (AvgIpc) is 2.18. The predicted octanol–water partition coefficient (Wildman–Crippen LogP) is 1.92. The minimum atomic E-state index is 0.445. The molecular formula is C9H14ClN3S. The van der Waals surface area contributed by atoms with Crippen molar-refractivity contribution < 1.29 is 0 Å². The highest BCUT2D eigenvalue weighted by atomic mass is 35.5. The molecule has 1 heterocycles. The van der Waals surface area contributed by atoms with E-state index < -0.39 is 0 Å². The van der Waals surface area contributed by atoms with Crippen molar-refractivity contribution >= 4 is 23.4 Å². The first kappa shape index (κ1) is 11.8. The van der Waals surface area contributed by atoms with Crippen LogP contribution in [0.4, 0.5) is 0 Å². The molecule has 0 aliphatic rings. The van der Waals surface area contributed by atoms with Gasteiger partial charge in [-0.1, -0.05) is 11.6 Å². The smallest absolute Gasteiger partial charge is 0.147 e. The molecule has 0 aliphatic carbocycles. The lowest BCUT2D eigenvalue weighted by molar-refractivity contribution is 0.344. The summed E-state index contributed by atoms with van der Waals surface area (Å²) >= 11 is 7.49. The van der Waals surface area contributed by atoms with Crippen molar-refractivity contribution in [2.75, 3.05) is 25.6 Å². The summed E-state index contributed by atoms with van der Waals surface area (Å²) in [5, 5.41) is 0.445. The van der Waals surface area contributed by atoms with E-state index in [2.05, 4.69) is 28.2 Å². The minimum Gasteiger partial charge on any atom is -0.300 e. The first-order valence-electron chi connectivity index (χ1n) is 4.36. The van der Waals surface area contributed by atoms with Crippen molar-refractivity contribution in [2.24, 2.45) is 0 Å². The summed E-state index contributed by atoms with van der Waals surface area (Å²) in [7, 11) is 2.08. The third-order valence-electron chi connectivity index (χ3n) is 1.78. The molecule has 1 aromatic heterocycles. The zero-order valence-corrected chi connectivity index (χ0v) is 9.98. The maximum absolute atomic E-state index is 5.64. The van der Waals surface area contributed by atoms with Crippen molar-refractivity contribution in [3.8, 4) is 0 Å². The molecule has 0 fully saturated rings. The van der Waals surface area contributed by atoms with Gasteiger partial charge in [-0.05, 0) is 13.3 Å². The maximum Gasteiger partial charge on any atom is 0.147 e. The molecule has 0 atom stereocenters. The molecule has 0 saturated carbocycles. The second-order valence-corrected chi connectivity index (χ2v) is 4.43. The Morgan fingerprint density at radius 3 is 2.79 bits per heavy atom. The number of nitrogens with zero attached hydrogens (tertiary/aromatic N) is 3. The van der Waals surface area contributed by atoms with Crippen molar-refractivity contribution in [1.82, 2.24) is 14.9 Å². The van der Waals surface area contributed by atoms with Crippen LogP contribution in [0.2, 0.25) is 5.15 Å². The number of thioether (sulfide) groups is 1. The summed E-state index contributed by atoms with van der Waals surface area (Å²) in [4.78, 5) is 10.4. The van der Waals surface area contributed by atoms with Gasteiger partial charge < -0.3 is 0 Å². The van der Waals surface area contributed by atoms with Crippen molar-refractivity contribution in [2.45, 2.75) is 6.54 Å². The monoisotopic (exact) mass is 231 g/mol. The fraction of sp³-hybridized carbons (Fsp3) is 0.556. The molecule has 1 aromatic rings. The molecule has 0 radical (unpaired) electrons. The number of rotatable bonds is 5. The standard InChI is InChI=1S/C9H14ClN3S/c1-13(3-4-14-2)7-8-5-12-9(10)6-11-8/h5-6H,3-4,7H2,1-2H3. The summed E-state index contributed by atoms with van der Waals surface area (Å²) < 4.78 is 0. The van der Waals surface area contributed by atoms with Crippen LogP contribution in [0.5, 0.6) is 0 Å². The van der Waals surface area contributed by atoms with E-state index in [1.165, 1.54) is 0 Å². The van der Waals surface area contributed by atoms with Gasteiger partial charge in [0.15, 0.2) is 0 Å². The maximum atomic E-state index is 5.64. The van der Waals surface area contributed by atoms with Crippen LogP contribution < -0.4 is 0 Å². The van der Waals surface area contributed by atoms with Gasteiger partial charge in [0.25, 0.3) is 0 Å². The first-order valence-corrected chi connectivity index (χ1v) is 6.13. The van der Waals surface area contributed by atoms with Crippen LogP contribution in [-0.4, -0.2) is 40.5 Å². The lowest BCUT2D eigenvalue weighted by Crippen LogP contribution is -2.21. The molecule has 3 nitrogen and oxygen atoms in total. The van der Waals surface area contributed by atoms with Gasteiger partial charge in [0.05, 0.1) is 18.1 Å². The van der Waals surface area contributed by atoms with Crippen LogP contribution in [0.25, 0.3) is 0 Å². The Labute approximate surface area is 93.9 Å². The fourth-order valence-corrected chi connectivity index (χ4v) is 1.62. The lowest BCUT2D eigenvalue weighted by atomic mass is 10.4. The van der Waals surface area contributed by atoms with Gasteiger partial charge in [-0.15, -0.1) is 0 Å². The van der Waals surface area contributed by atoms with Crippen molar-refractivity contribution in [3.05, 3.63) is 23.2 Å². The van der Waals surface area contributed by atoms with Crippen LogP contribution in [0.1, 0.15) is 5.69 Å². The molecular weight excluding hydrogens is 218 g/mol. The molecule has 14 heavy (non-hydrogen) atoms. The highest BCUT2D eigenvalue weighted by molar-refractivity contribution is 7.98. The molecule has 5 heteroatoms. The van der Waals surface area contributed by atoms with Crippen LogP contribution >= 0.6 is 23.4 Å².